The Hall–Kier alpha value is -4.00. The average Bonchev–Trinajstić information content (AvgIpc) is 3.45. The van der Waals surface area contributed by atoms with E-state index >= 15 is 0 Å². The van der Waals surface area contributed by atoms with Gasteiger partial charge in [-0.1, -0.05) is 36.4 Å². The Kier molecular flexibility index (Phi) is 5.98. The number of aliphatic hydroxyl groups excluding tert-OH is 1. The maximum Gasteiger partial charge on any atom is 0.290 e. The van der Waals surface area contributed by atoms with Crippen molar-refractivity contribution < 1.29 is 28.6 Å². The summed E-state index contributed by atoms with van der Waals surface area (Å²) in [6, 6.07) is 17.2. The van der Waals surface area contributed by atoms with Crippen molar-refractivity contribution >= 4 is 11.7 Å². The zero-order valence-corrected chi connectivity index (χ0v) is 17.8. The standard InChI is InChI=1S/C25H23NO6/c1-30-18-11-10-17(15-20(18)31-2)22-21(23(27)19-9-6-14-32-19)24(28)25(29)26(22)13-12-16-7-4-3-5-8-16/h3-11,14-15,22,28H,12-13H2,1-2H3/t22-/m0/s1. The minimum absolute atomic E-state index is 0.0229. The molecule has 2 aromatic carbocycles. The second kappa shape index (κ2) is 9.01. The van der Waals surface area contributed by atoms with Gasteiger partial charge in [0.2, 0.25) is 5.78 Å². The van der Waals surface area contributed by atoms with E-state index in [-0.39, 0.29) is 11.3 Å². The van der Waals surface area contributed by atoms with Crippen molar-refractivity contribution in [3.05, 3.63) is 95.1 Å². The molecule has 0 saturated carbocycles. The highest BCUT2D eigenvalue weighted by atomic mass is 16.5. The van der Waals surface area contributed by atoms with Gasteiger partial charge < -0.3 is 23.9 Å². The molecule has 7 heteroatoms. The van der Waals surface area contributed by atoms with Crippen LogP contribution < -0.4 is 9.47 Å². The quantitative estimate of drug-likeness (QED) is 0.538. The van der Waals surface area contributed by atoms with Gasteiger partial charge in [0.15, 0.2) is 23.0 Å². The van der Waals surface area contributed by atoms with E-state index in [9.17, 15) is 14.7 Å². The van der Waals surface area contributed by atoms with Gasteiger partial charge in [0, 0.05) is 6.54 Å². The van der Waals surface area contributed by atoms with E-state index in [0.29, 0.717) is 30.0 Å². The lowest BCUT2D eigenvalue weighted by atomic mass is 9.94. The van der Waals surface area contributed by atoms with Crippen LogP contribution in [0.2, 0.25) is 0 Å². The Labute approximate surface area is 185 Å². The highest BCUT2D eigenvalue weighted by Gasteiger charge is 2.44. The Morgan fingerprint density at radius 1 is 1.03 bits per heavy atom. The second-order valence-electron chi connectivity index (χ2n) is 7.32. The number of ketones is 1. The highest BCUT2D eigenvalue weighted by molar-refractivity contribution is 6.15. The van der Waals surface area contributed by atoms with Gasteiger partial charge in [0.25, 0.3) is 5.91 Å². The third-order valence-electron chi connectivity index (χ3n) is 5.50. The number of hydrogen-bond acceptors (Lipinski definition) is 6. The molecule has 1 amide bonds. The fourth-order valence-electron chi connectivity index (χ4n) is 3.92. The van der Waals surface area contributed by atoms with Gasteiger partial charge in [-0.05, 0) is 41.8 Å². The number of nitrogens with zero attached hydrogens (tertiary/aromatic N) is 1. The van der Waals surface area contributed by atoms with E-state index in [2.05, 4.69) is 0 Å². The highest BCUT2D eigenvalue weighted by Crippen LogP contribution is 2.41. The average molecular weight is 433 g/mol. The van der Waals surface area contributed by atoms with Gasteiger partial charge in [-0.15, -0.1) is 0 Å². The van der Waals surface area contributed by atoms with E-state index in [0.717, 1.165) is 5.56 Å². The topological polar surface area (TPSA) is 89.2 Å². The Bertz CT molecular complexity index is 1150. The summed E-state index contributed by atoms with van der Waals surface area (Å²) in [7, 11) is 3.04. The van der Waals surface area contributed by atoms with Crippen molar-refractivity contribution in [2.45, 2.75) is 12.5 Å². The molecule has 1 atom stereocenters. The fourth-order valence-corrected chi connectivity index (χ4v) is 3.92. The molecule has 1 aliphatic heterocycles. The lowest BCUT2D eigenvalue weighted by Gasteiger charge is -2.27. The van der Waals surface area contributed by atoms with Gasteiger partial charge in [-0.3, -0.25) is 9.59 Å². The number of carbonyl (C=O) groups is 2. The van der Waals surface area contributed by atoms with Crippen LogP contribution in [0.15, 0.2) is 82.7 Å². The summed E-state index contributed by atoms with van der Waals surface area (Å²) in [5.74, 6) is -0.687. The number of benzene rings is 2. The summed E-state index contributed by atoms with van der Waals surface area (Å²) in [6.45, 7) is 0.306. The zero-order chi connectivity index (χ0) is 22.7. The molecular formula is C25H23NO6. The number of hydrogen-bond donors (Lipinski definition) is 1. The number of Topliss-reactive ketones (excluding diaryl/α,β-unsaturated/α-hetero) is 1. The molecule has 4 rings (SSSR count). The summed E-state index contributed by atoms with van der Waals surface area (Å²) in [5.41, 5.74) is 1.63. The molecule has 2 heterocycles. The number of aliphatic hydroxyl groups is 1. The molecule has 0 aliphatic carbocycles. The molecule has 1 N–H and O–H groups in total. The SMILES string of the molecule is COc1ccc([C@H]2C(C(=O)c3ccco3)=C(O)C(=O)N2CCc2ccccc2)cc1OC. The first-order valence-electron chi connectivity index (χ1n) is 10.1. The van der Waals surface area contributed by atoms with E-state index < -0.39 is 23.5 Å². The number of furan rings is 1. The molecule has 32 heavy (non-hydrogen) atoms. The first-order valence-corrected chi connectivity index (χ1v) is 10.1. The van der Waals surface area contributed by atoms with Gasteiger partial charge in [0.1, 0.15) is 0 Å². The number of amides is 1. The monoisotopic (exact) mass is 433 g/mol. The molecule has 3 aromatic rings. The van der Waals surface area contributed by atoms with Crippen LogP contribution in [0.5, 0.6) is 11.5 Å². The Morgan fingerprint density at radius 3 is 2.44 bits per heavy atom. The van der Waals surface area contributed by atoms with Gasteiger partial charge in [0.05, 0.1) is 32.1 Å². The molecule has 7 nitrogen and oxygen atoms in total. The summed E-state index contributed by atoms with van der Waals surface area (Å²) in [4.78, 5) is 27.8. The summed E-state index contributed by atoms with van der Waals surface area (Å²) < 4.78 is 16.0. The molecule has 0 radical (unpaired) electrons. The molecule has 0 spiro atoms. The molecule has 0 bridgehead atoms. The first-order chi connectivity index (χ1) is 15.5. The minimum atomic E-state index is -0.802. The van der Waals surface area contributed by atoms with E-state index in [1.54, 1.807) is 24.3 Å². The predicted octanol–water partition coefficient (Wildman–Crippen LogP) is 4.12. The van der Waals surface area contributed by atoms with Crippen LogP contribution in [-0.2, 0) is 11.2 Å². The van der Waals surface area contributed by atoms with Crippen LogP contribution in [-0.4, -0.2) is 42.5 Å². The Morgan fingerprint density at radius 2 is 1.78 bits per heavy atom. The maximum absolute atomic E-state index is 13.2. The third kappa shape index (κ3) is 3.85. The summed E-state index contributed by atoms with van der Waals surface area (Å²) >= 11 is 0. The molecule has 1 aliphatic rings. The van der Waals surface area contributed by atoms with Gasteiger partial charge >= 0.3 is 0 Å². The Balaban J connectivity index is 1.76. The number of ether oxygens (including phenoxy) is 2. The van der Waals surface area contributed by atoms with E-state index in [4.69, 9.17) is 13.9 Å². The maximum atomic E-state index is 13.2. The molecule has 0 fully saturated rings. The van der Waals surface area contributed by atoms with Crippen LogP contribution in [0, 0.1) is 0 Å². The predicted molar refractivity (Wildman–Crippen MR) is 117 cm³/mol. The first kappa shape index (κ1) is 21.2. The minimum Gasteiger partial charge on any atom is -0.503 e. The summed E-state index contributed by atoms with van der Waals surface area (Å²) in [6.07, 6.45) is 1.94. The van der Waals surface area contributed by atoms with Crippen LogP contribution in [0.4, 0.5) is 0 Å². The smallest absolute Gasteiger partial charge is 0.290 e. The molecule has 0 saturated heterocycles. The summed E-state index contributed by atoms with van der Waals surface area (Å²) in [5, 5.41) is 10.7. The molecule has 1 aromatic heterocycles. The third-order valence-corrected chi connectivity index (χ3v) is 5.50. The van der Waals surface area contributed by atoms with Crippen LogP contribution >= 0.6 is 0 Å². The largest absolute Gasteiger partial charge is 0.503 e. The second-order valence-corrected chi connectivity index (χ2v) is 7.32. The van der Waals surface area contributed by atoms with Crippen LogP contribution in [0.25, 0.3) is 0 Å². The van der Waals surface area contributed by atoms with Crippen molar-refractivity contribution in [1.82, 2.24) is 4.90 Å². The van der Waals surface area contributed by atoms with Crippen LogP contribution in [0.3, 0.4) is 0 Å². The number of rotatable bonds is 8. The van der Waals surface area contributed by atoms with Crippen LogP contribution in [0.1, 0.15) is 27.7 Å². The zero-order valence-electron chi connectivity index (χ0n) is 17.8. The van der Waals surface area contributed by atoms with Crippen molar-refractivity contribution in [2.75, 3.05) is 20.8 Å². The number of methoxy groups -OCH3 is 2. The fraction of sp³-hybridized carbons (Fsp3) is 0.200. The van der Waals surface area contributed by atoms with Gasteiger partial charge in [-0.25, -0.2) is 0 Å². The van der Waals surface area contributed by atoms with Gasteiger partial charge in [-0.2, -0.15) is 0 Å². The van der Waals surface area contributed by atoms with Crippen molar-refractivity contribution in [1.29, 1.82) is 0 Å². The van der Waals surface area contributed by atoms with Crippen molar-refractivity contribution in [3.8, 4) is 11.5 Å². The normalized spacial score (nSPS) is 15.9. The van der Waals surface area contributed by atoms with Crippen molar-refractivity contribution in [3.63, 3.8) is 0 Å². The molecular weight excluding hydrogens is 410 g/mol. The lowest BCUT2D eigenvalue weighted by molar-refractivity contribution is -0.129. The van der Waals surface area contributed by atoms with Crippen molar-refractivity contribution in [2.24, 2.45) is 0 Å². The van der Waals surface area contributed by atoms with E-state index in [1.807, 2.05) is 30.3 Å². The molecule has 0 unspecified atom stereocenters. The lowest BCUT2D eigenvalue weighted by Crippen LogP contribution is -2.33. The molecule has 164 valence electrons. The number of carbonyl (C=O) groups excluding carboxylic acids is 2. The van der Waals surface area contributed by atoms with E-state index in [1.165, 1.54) is 31.4 Å².